The molecule has 134 valence electrons. The zero-order chi connectivity index (χ0) is 17.9. The van der Waals surface area contributed by atoms with E-state index in [1.54, 1.807) is 11.3 Å². The largest absolute Gasteiger partial charge is 0.380 e. The minimum Gasteiger partial charge on any atom is -0.380 e. The van der Waals surface area contributed by atoms with Crippen molar-refractivity contribution in [2.75, 3.05) is 18.0 Å². The average Bonchev–Trinajstić information content (AvgIpc) is 3.09. The molecule has 0 aliphatic carbocycles. The summed E-state index contributed by atoms with van der Waals surface area (Å²) >= 11 is 1.79. The first-order valence-electron chi connectivity index (χ1n) is 9.21. The predicted octanol–water partition coefficient (Wildman–Crippen LogP) is 4.75. The molecule has 1 aliphatic heterocycles. The summed E-state index contributed by atoms with van der Waals surface area (Å²) in [6.45, 7) is 9.10. The topological polar surface area (TPSA) is 41.1 Å². The van der Waals surface area contributed by atoms with Crippen LogP contribution in [0.4, 0.5) is 5.82 Å². The lowest BCUT2D eigenvalue weighted by Gasteiger charge is -2.28. The molecule has 0 unspecified atom stereocenters. The Hall–Kier alpha value is -2.40. The number of rotatable bonds is 5. The van der Waals surface area contributed by atoms with E-state index >= 15 is 0 Å². The second-order valence-corrected chi connectivity index (χ2v) is 7.90. The lowest BCUT2D eigenvalue weighted by Crippen LogP contribution is -2.30. The van der Waals surface area contributed by atoms with Gasteiger partial charge in [-0.1, -0.05) is 36.9 Å². The van der Waals surface area contributed by atoms with Gasteiger partial charge < -0.3 is 10.2 Å². The van der Waals surface area contributed by atoms with E-state index in [1.165, 1.54) is 28.8 Å². The van der Waals surface area contributed by atoms with Gasteiger partial charge in [-0.3, -0.25) is 0 Å². The van der Waals surface area contributed by atoms with Crippen LogP contribution >= 0.6 is 11.3 Å². The standard InChI is InChI=1S/C21H24N4S/c1-15(17-9-5-3-6-10-17)22-14-18-13-19-20(26-18)21(24-16(2)23-19)25-11-7-4-8-12-25/h3,5-6,9-10,13,22H,1,4,7-8,11-12,14H2,2H3. The number of fused-ring (bicyclic) bond motifs is 1. The molecule has 3 heterocycles. The zero-order valence-corrected chi connectivity index (χ0v) is 16.0. The van der Waals surface area contributed by atoms with Gasteiger partial charge in [-0.05, 0) is 37.8 Å². The number of aryl methyl sites for hydroxylation is 1. The van der Waals surface area contributed by atoms with Gasteiger partial charge in [-0.25, -0.2) is 9.97 Å². The first-order chi connectivity index (χ1) is 12.7. The summed E-state index contributed by atoms with van der Waals surface area (Å²) in [6.07, 6.45) is 3.83. The third kappa shape index (κ3) is 3.58. The minimum atomic E-state index is 0.757. The lowest BCUT2D eigenvalue weighted by atomic mass is 10.1. The molecule has 4 nitrogen and oxygen atoms in total. The van der Waals surface area contributed by atoms with Crippen LogP contribution in [0.3, 0.4) is 0 Å². The molecule has 0 saturated carbocycles. The van der Waals surface area contributed by atoms with Crippen LogP contribution in [0.5, 0.6) is 0 Å². The van der Waals surface area contributed by atoms with Crippen LogP contribution in [-0.2, 0) is 6.54 Å². The molecule has 1 aromatic carbocycles. The number of nitrogens with zero attached hydrogens (tertiary/aromatic N) is 3. The Morgan fingerprint density at radius 3 is 2.69 bits per heavy atom. The van der Waals surface area contributed by atoms with Gasteiger partial charge in [0.15, 0.2) is 0 Å². The zero-order valence-electron chi connectivity index (χ0n) is 15.2. The highest BCUT2D eigenvalue weighted by Gasteiger charge is 2.18. The van der Waals surface area contributed by atoms with Gasteiger partial charge in [-0.2, -0.15) is 0 Å². The van der Waals surface area contributed by atoms with Crippen molar-refractivity contribution in [2.24, 2.45) is 0 Å². The van der Waals surface area contributed by atoms with Gasteiger partial charge >= 0.3 is 0 Å². The number of benzene rings is 1. The summed E-state index contributed by atoms with van der Waals surface area (Å²) in [5.74, 6) is 1.97. The number of hydrogen-bond donors (Lipinski definition) is 1. The smallest absolute Gasteiger partial charge is 0.150 e. The predicted molar refractivity (Wildman–Crippen MR) is 111 cm³/mol. The van der Waals surface area contributed by atoms with E-state index in [9.17, 15) is 0 Å². The van der Waals surface area contributed by atoms with E-state index in [0.717, 1.165) is 48.1 Å². The normalized spacial score (nSPS) is 14.6. The highest BCUT2D eigenvalue weighted by atomic mass is 32.1. The van der Waals surface area contributed by atoms with E-state index in [0.29, 0.717) is 0 Å². The van der Waals surface area contributed by atoms with Crippen LogP contribution in [0.2, 0.25) is 0 Å². The number of thiophene rings is 1. The van der Waals surface area contributed by atoms with E-state index in [4.69, 9.17) is 4.98 Å². The molecule has 0 atom stereocenters. The van der Waals surface area contributed by atoms with Gasteiger partial charge in [0.1, 0.15) is 11.6 Å². The Bertz CT molecular complexity index is 910. The van der Waals surface area contributed by atoms with Gasteiger partial charge in [-0.15, -0.1) is 11.3 Å². The van der Waals surface area contributed by atoms with Crippen LogP contribution in [0.15, 0.2) is 43.0 Å². The molecule has 1 N–H and O–H groups in total. The van der Waals surface area contributed by atoms with Crippen LogP contribution in [-0.4, -0.2) is 23.1 Å². The maximum Gasteiger partial charge on any atom is 0.150 e. The van der Waals surface area contributed by atoms with Gasteiger partial charge in [0.05, 0.1) is 10.2 Å². The molecule has 0 spiro atoms. The van der Waals surface area contributed by atoms with Crippen molar-refractivity contribution < 1.29 is 0 Å². The first kappa shape index (κ1) is 17.0. The van der Waals surface area contributed by atoms with Gasteiger partial charge in [0.25, 0.3) is 0 Å². The summed E-state index contributed by atoms with van der Waals surface area (Å²) in [7, 11) is 0. The molecule has 26 heavy (non-hydrogen) atoms. The van der Waals surface area contributed by atoms with E-state index < -0.39 is 0 Å². The lowest BCUT2D eigenvalue weighted by molar-refractivity contribution is 0.574. The molecule has 3 aromatic rings. The fraction of sp³-hybridized carbons (Fsp3) is 0.333. The van der Waals surface area contributed by atoms with Crippen LogP contribution in [0.1, 0.15) is 35.5 Å². The number of hydrogen-bond acceptors (Lipinski definition) is 5. The fourth-order valence-corrected chi connectivity index (χ4v) is 4.47. The summed E-state index contributed by atoms with van der Waals surface area (Å²) in [4.78, 5) is 13.1. The van der Waals surface area contributed by atoms with Crippen LogP contribution < -0.4 is 10.2 Å². The van der Waals surface area contributed by atoms with Crippen LogP contribution in [0.25, 0.3) is 15.9 Å². The van der Waals surface area contributed by atoms with E-state index in [2.05, 4.69) is 40.0 Å². The minimum absolute atomic E-state index is 0.757. The summed E-state index contributed by atoms with van der Waals surface area (Å²) in [6, 6.07) is 12.4. The van der Waals surface area contributed by atoms with Gasteiger partial charge in [0.2, 0.25) is 0 Å². The van der Waals surface area contributed by atoms with Crippen LogP contribution in [0, 0.1) is 6.92 Å². The molecule has 2 aromatic heterocycles. The highest BCUT2D eigenvalue weighted by Crippen LogP contribution is 2.33. The van der Waals surface area contributed by atoms with Gasteiger partial charge in [0, 0.05) is 30.2 Å². The van der Waals surface area contributed by atoms with Crippen molar-refractivity contribution in [2.45, 2.75) is 32.7 Å². The number of anilines is 1. The Morgan fingerprint density at radius 2 is 1.92 bits per heavy atom. The highest BCUT2D eigenvalue weighted by molar-refractivity contribution is 7.19. The molecule has 4 rings (SSSR count). The Morgan fingerprint density at radius 1 is 1.15 bits per heavy atom. The SMILES string of the molecule is C=C(NCc1cc2nc(C)nc(N3CCCCC3)c2s1)c1ccccc1. The number of piperidine rings is 1. The molecule has 1 aliphatic rings. The Kier molecular flexibility index (Phi) is 4.89. The van der Waals surface area contributed by atoms with Crippen molar-refractivity contribution in [3.8, 4) is 0 Å². The third-order valence-electron chi connectivity index (χ3n) is 4.77. The molecule has 1 saturated heterocycles. The van der Waals surface area contributed by atoms with Crippen molar-refractivity contribution in [3.05, 3.63) is 59.2 Å². The second kappa shape index (κ2) is 7.46. The quantitative estimate of drug-likeness (QED) is 0.709. The van der Waals surface area contributed by atoms with Crippen molar-refractivity contribution in [1.29, 1.82) is 0 Å². The van der Waals surface area contributed by atoms with E-state index in [-0.39, 0.29) is 0 Å². The molecule has 0 bridgehead atoms. The Balaban J connectivity index is 1.56. The summed E-state index contributed by atoms with van der Waals surface area (Å²) < 4.78 is 1.21. The molecular weight excluding hydrogens is 340 g/mol. The van der Waals surface area contributed by atoms with E-state index in [1.807, 2.05) is 25.1 Å². The average molecular weight is 365 g/mol. The molecule has 1 fully saturated rings. The van der Waals surface area contributed by atoms with Crippen molar-refractivity contribution in [1.82, 2.24) is 15.3 Å². The van der Waals surface area contributed by atoms with Crippen molar-refractivity contribution in [3.63, 3.8) is 0 Å². The monoisotopic (exact) mass is 364 g/mol. The molecule has 5 heteroatoms. The first-order valence-corrected chi connectivity index (χ1v) is 10.0. The molecule has 0 radical (unpaired) electrons. The maximum atomic E-state index is 4.77. The maximum absolute atomic E-state index is 4.77. The molecular formula is C21H24N4S. The number of nitrogens with one attached hydrogen (secondary N) is 1. The second-order valence-electron chi connectivity index (χ2n) is 6.77. The number of aromatic nitrogens is 2. The van der Waals surface area contributed by atoms with Crippen molar-refractivity contribution >= 4 is 33.1 Å². The molecule has 0 amide bonds. The Labute approximate surface area is 158 Å². The summed E-state index contributed by atoms with van der Waals surface area (Å²) in [5.41, 5.74) is 3.13. The fourth-order valence-electron chi connectivity index (χ4n) is 3.42. The summed E-state index contributed by atoms with van der Waals surface area (Å²) in [5, 5.41) is 3.44. The third-order valence-corrected chi connectivity index (χ3v) is 5.89.